The number of fused-ring (bicyclic) bond motifs is 1. The lowest BCUT2D eigenvalue weighted by Gasteiger charge is -2.02. The zero-order valence-electron chi connectivity index (χ0n) is 14.1. The highest BCUT2D eigenvalue weighted by Gasteiger charge is 2.20. The van der Waals surface area contributed by atoms with E-state index in [1.165, 1.54) is 11.1 Å². The molecule has 1 aliphatic heterocycles. The fourth-order valence-corrected chi connectivity index (χ4v) is 3.21. The molecule has 0 radical (unpaired) electrons. The van der Waals surface area contributed by atoms with Gasteiger partial charge in [-0.1, -0.05) is 29.8 Å². The van der Waals surface area contributed by atoms with Crippen molar-refractivity contribution >= 4 is 11.5 Å². The number of carbonyl (C=O) groups excluding carboxylic acids is 1. The minimum atomic E-state index is 0.147. The smallest absolute Gasteiger partial charge is 0.164 e. The zero-order valence-corrected chi connectivity index (χ0v) is 14.1. The Morgan fingerprint density at radius 1 is 1.20 bits per heavy atom. The van der Waals surface area contributed by atoms with Gasteiger partial charge in [0.05, 0.1) is 23.6 Å². The highest BCUT2D eigenvalue weighted by atomic mass is 16.1. The van der Waals surface area contributed by atoms with Crippen LogP contribution in [0.2, 0.25) is 0 Å². The van der Waals surface area contributed by atoms with Crippen LogP contribution in [0, 0.1) is 6.92 Å². The molecule has 0 atom stereocenters. The summed E-state index contributed by atoms with van der Waals surface area (Å²) in [6, 6.07) is 14.1. The van der Waals surface area contributed by atoms with Gasteiger partial charge in [-0.3, -0.25) is 14.8 Å². The molecule has 1 aliphatic rings. The summed E-state index contributed by atoms with van der Waals surface area (Å²) in [7, 11) is 0. The van der Waals surface area contributed by atoms with Crippen molar-refractivity contribution in [1.29, 1.82) is 0 Å². The van der Waals surface area contributed by atoms with Gasteiger partial charge in [0.15, 0.2) is 5.78 Å². The van der Waals surface area contributed by atoms with Crippen molar-refractivity contribution in [1.82, 2.24) is 9.97 Å². The summed E-state index contributed by atoms with van der Waals surface area (Å²) in [5, 5.41) is 0. The number of aromatic nitrogens is 2. The van der Waals surface area contributed by atoms with Crippen molar-refractivity contribution in [3.8, 4) is 0 Å². The van der Waals surface area contributed by atoms with Crippen molar-refractivity contribution in [2.24, 2.45) is 4.99 Å². The van der Waals surface area contributed by atoms with Gasteiger partial charge in [-0.05, 0) is 37.1 Å². The minimum Gasteiger partial charge on any atom is -0.359 e. The lowest BCUT2D eigenvalue weighted by Crippen LogP contribution is -2.02. The Morgan fingerprint density at radius 3 is 3.00 bits per heavy atom. The molecule has 0 bridgehead atoms. The standard InChI is InChI=1S/C21H19N3O/c1-14-4-2-5-15(10-14)7-8-20(25)16-11-18(23-12-16)21-17-6-3-9-22-19(17)13-24-21/h2-6,9-12,23H,7-8,13H2,1H3. The number of carbonyl (C=O) groups is 1. The molecule has 25 heavy (non-hydrogen) atoms. The number of Topliss-reactive ketones (excluding diaryl/α,β-unsaturated/α-hetero) is 1. The van der Waals surface area contributed by atoms with E-state index in [4.69, 9.17) is 0 Å². The van der Waals surface area contributed by atoms with E-state index in [0.717, 1.165) is 29.1 Å². The Kier molecular flexibility index (Phi) is 4.02. The molecule has 124 valence electrons. The summed E-state index contributed by atoms with van der Waals surface area (Å²) in [6.45, 7) is 2.67. The Labute approximate surface area is 146 Å². The number of nitrogens with zero attached hydrogens (tertiary/aromatic N) is 2. The van der Waals surface area contributed by atoms with Gasteiger partial charge in [-0.2, -0.15) is 0 Å². The Morgan fingerprint density at radius 2 is 2.12 bits per heavy atom. The molecular weight excluding hydrogens is 310 g/mol. The van der Waals surface area contributed by atoms with Crippen LogP contribution in [0.25, 0.3) is 0 Å². The van der Waals surface area contributed by atoms with Gasteiger partial charge in [0.2, 0.25) is 0 Å². The fraction of sp³-hybridized carbons (Fsp3) is 0.190. The largest absolute Gasteiger partial charge is 0.359 e. The third-order valence-corrected chi connectivity index (χ3v) is 4.52. The van der Waals surface area contributed by atoms with E-state index in [-0.39, 0.29) is 5.78 Å². The monoisotopic (exact) mass is 329 g/mol. The van der Waals surface area contributed by atoms with Crippen LogP contribution in [0.1, 0.15) is 44.9 Å². The van der Waals surface area contributed by atoms with Gasteiger partial charge in [0.1, 0.15) is 0 Å². The minimum absolute atomic E-state index is 0.147. The number of rotatable bonds is 5. The van der Waals surface area contributed by atoms with Crippen LogP contribution < -0.4 is 0 Å². The normalized spacial score (nSPS) is 12.8. The molecule has 3 heterocycles. The summed E-state index contributed by atoms with van der Waals surface area (Å²) >= 11 is 0. The van der Waals surface area contributed by atoms with E-state index in [1.807, 2.05) is 24.3 Å². The van der Waals surface area contributed by atoms with E-state index in [1.54, 1.807) is 12.4 Å². The van der Waals surface area contributed by atoms with Crippen molar-refractivity contribution < 1.29 is 4.79 Å². The topological polar surface area (TPSA) is 58.1 Å². The molecule has 0 aliphatic carbocycles. The Balaban J connectivity index is 1.47. The molecule has 2 aromatic heterocycles. The molecule has 4 nitrogen and oxygen atoms in total. The number of nitrogens with one attached hydrogen (secondary N) is 1. The molecule has 0 unspecified atom stereocenters. The van der Waals surface area contributed by atoms with Crippen LogP contribution in [0.5, 0.6) is 0 Å². The molecule has 1 N–H and O–H groups in total. The first-order valence-corrected chi connectivity index (χ1v) is 8.47. The summed E-state index contributed by atoms with van der Waals surface area (Å²) in [6.07, 6.45) is 4.83. The van der Waals surface area contributed by atoms with E-state index in [0.29, 0.717) is 18.5 Å². The maximum absolute atomic E-state index is 12.5. The van der Waals surface area contributed by atoms with E-state index < -0.39 is 0 Å². The van der Waals surface area contributed by atoms with E-state index in [2.05, 4.69) is 40.1 Å². The zero-order chi connectivity index (χ0) is 17.2. The third kappa shape index (κ3) is 3.15. The van der Waals surface area contributed by atoms with Crippen molar-refractivity contribution in [3.63, 3.8) is 0 Å². The van der Waals surface area contributed by atoms with Crippen LogP contribution in [0.4, 0.5) is 0 Å². The number of aliphatic imine (C=N–C) groups is 1. The van der Waals surface area contributed by atoms with Crippen LogP contribution in [-0.2, 0) is 13.0 Å². The predicted molar refractivity (Wildman–Crippen MR) is 98.2 cm³/mol. The number of pyridine rings is 1. The number of H-pyrrole nitrogens is 1. The Hall–Kier alpha value is -3.01. The first-order chi connectivity index (χ1) is 12.2. The maximum atomic E-state index is 12.5. The second kappa shape index (κ2) is 6.48. The van der Waals surface area contributed by atoms with Gasteiger partial charge in [0, 0.05) is 29.9 Å². The highest BCUT2D eigenvalue weighted by Crippen LogP contribution is 2.21. The number of benzene rings is 1. The number of aryl methyl sites for hydroxylation is 2. The summed E-state index contributed by atoms with van der Waals surface area (Å²) in [4.78, 5) is 24.6. The van der Waals surface area contributed by atoms with Crippen molar-refractivity contribution in [2.45, 2.75) is 26.3 Å². The van der Waals surface area contributed by atoms with Crippen molar-refractivity contribution in [2.75, 3.05) is 0 Å². The average molecular weight is 329 g/mol. The molecule has 0 fully saturated rings. The second-order valence-corrected chi connectivity index (χ2v) is 6.38. The van der Waals surface area contributed by atoms with Gasteiger partial charge >= 0.3 is 0 Å². The molecule has 0 saturated heterocycles. The van der Waals surface area contributed by atoms with Gasteiger partial charge < -0.3 is 4.98 Å². The SMILES string of the molecule is Cc1cccc(CCC(=O)c2c[nH]c(C3=NCc4ncccc43)c2)c1. The third-order valence-electron chi connectivity index (χ3n) is 4.52. The molecule has 4 heteroatoms. The fourth-order valence-electron chi connectivity index (χ4n) is 3.21. The number of aromatic amines is 1. The highest BCUT2D eigenvalue weighted by molar-refractivity contribution is 6.14. The first kappa shape index (κ1) is 15.5. The molecule has 4 rings (SSSR count). The second-order valence-electron chi connectivity index (χ2n) is 6.38. The lowest BCUT2D eigenvalue weighted by molar-refractivity contribution is 0.0983. The average Bonchev–Trinajstić information content (AvgIpc) is 3.26. The van der Waals surface area contributed by atoms with Crippen LogP contribution >= 0.6 is 0 Å². The number of hydrogen-bond acceptors (Lipinski definition) is 3. The van der Waals surface area contributed by atoms with Crippen LogP contribution in [0.15, 0.2) is 59.9 Å². The molecule has 3 aromatic rings. The predicted octanol–water partition coefficient (Wildman–Crippen LogP) is 3.88. The van der Waals surface area contributed by atoms with Crippen LogP contribution in [-0.4, -0.2) is 21.5 Å². The van der Waals surface area contributed by atoms with Crippen LogP contribution in [0.3, 0.4) is 0 Å². The maximum Gasteiger partial charge on any atom is 0.164 e. The van der Waals surface area contributed by atoms with Gasteiger partial charge in [-0.15, -0.1) is 0 Å². The molecule has 0 amide bonds. The first-order valence-electron chi connectivity index (χ1n) is 8.47. The Bertz CT molecular complexity index is 969. The van der Waals surface area contributed by atoms with Gasteiger partial charge in [0.25, 0.3) is 0 Å². The molecular formula is C21H19N3O. The molecule has 0 saturated carbocycles. The number of hydrogen-bond donors (Lipinski definition) is 1. The van der Waals surface area contributed by atoms with E-state index in [9.17, 15) is 4.79 Å². The van der Waals surface area contributed by atoms with Crippen molar-refractivity contribution in [3.05, 3.63) is 88.5 Å². The molecule has 1 aromatic carbocycles. The summed E-state index contributed by atoms with van der Waals surface area (Å²) < 4.78 is 0. The summed E-state index contributed by atoms with van der Waals surface area (Å²) in [5.41, 5.74) is 6.93. The quantitative estimate of drug-likeness (QED) is 0.722. The molecule has 0 spiro atoms. The summed E-state index contributed by atoms with van der Waals surface area (Å²) in [5.74, 6) is 0.147. The number of ketones is 1. The van der Waals surface area contributed by atoms with E-state index >= 15 is 0 Å². The van der Waals surface area contributed by atoms with Gasteiger partial charge in [-0.25, -0.2) is 0 Å². The lowest BCUT2D eigenvalue weighted by atomic mass is 10.0.